The van der Waals surface area contributed by atoms with E-state index in [0.29, 0.717) is 6.54 Å². The second-order valence-electron chi connectivity index (χ2n) is 7.09. The van der Waals surface area contributed by atoms with Crippen molar-refractivity contribution in [3.63, 3.8) is 0 Å². The Morgan fingerprint density at radius 3 is 2.59 bits per heavy atom. The Labute approximate surface area is 133 Å². The minimum atomic E-state index is -0.453. The molecule has 0 unspecified atom stereocenters. The van der Waals surface area contributed by atoms with Gasteiger partial charge in [-0.1, -0.05) is 0 Å². The Balaban J connectivity index is 2.06. The molecule has 5 heteroatoms. The zero-order valence-electron chi connectivity index (χ0n) is 14.5. The molecule has 2 heterocycles. The van der Waals surface area contributed by atoms with Gasteiger partial charge in [-0.25, -0.2) is 4.79 Å². The Morgan fingerprint density at radius 2 is 2.00 bits per heavy atom. The van der Waals surface area contributed by atoms with Gasteiger partial charge >= 0.3 is 6.09 Å². The molecule has 2 rings (SSSR count). The molecule has 1 aliphatic rings. The fourth-order valence-corrected chi connectivity index (χ4v) is 2.71. The van der Waals surface area contributed by atoms with E-state index >= 15 is 0 Å². The van der Waals surface area contributed by atoms with Crippen LogP contribution in [0, 0.1) is 13.8 Å². The van der Waals surface area contributed by atoms with Crippen molar-refractivity contribution in [1.82, 2.24) is 9.88 Å². The SMILES string of the molecule is Cc1cnc(C)c(N2CCN(C(=O)OC(C)(C)C)[C@@H](C)C2)c1. The van der Waals surface area contributed by atoms with Crippen LogP contribution in [0.15, 0.2) is 12.3 Å². The molecule has 0 aliphatic carbocycles. The number of aromatic nitrogens is 1. The molecule has 122 valence electrons. The first-order valence-electron chi connectivity index (χ1n) is 7.85. The molecule has 0 saturated carbocycles. The Morgan fingerprint density at radius 1 is 1.32 bits per heavy atom. The van der Waals surface area contributed by atoms with Gasteiger partial charge in [-0.3, -0.25) is 4.98 Å². The number of nitrogens with zero attached hydrogens (tertiary/aromatic N) is 3. The van der Waals surface area contributed by atoms with E-state index in [1.54, 1.807) is 0 Å². The zero-order chi connectivity index (χ0) is 16.5. The van der Waals surface area contributed by atoms with Crippen LogP contribution in [0.1, 0.15) is 39.0 Å². The first-order valence-corrected chi connectivity index (χ1v) is 7.85. The van der Waals surface area contributed by atoms with Gasteiger partial charge in [0.2, 0.25) is 0 Å². The topological polar surface area (TPSA) is 45.7 Å². The van der Waals surface area contributed by atoms with E-state index in [0.717, 1.165) is 30.0 Å². The summed E-state index contributed by atoms with van der Waals surface area (Å²) in [6, 6.07) is 2.28. The number of rotatable bonds is 1. The summed E-state index contributed by atoms with van der Waals surface area (Å²) in [7, 11) is 0. The number of hydrogen-bond acceptors (Lipinski definition) is 4. The maximum atomic E-state index is 12.3. The average molecular weight is 305 g/mol. The van der Waals surface area contributed by atoms with Crippen molar-refractivity contribution in [1.29, 1.82) is 0 Å². The molecule has 22 heavy (non-hydrogen) atoms. The first kappa shape index (κ1) is 16.6. The lowest BCUT2D eigenvalue weighted by molar-refractivity contribution is 0.0159. The van der Waals surface area contributed by atoms with Gasteiger partial charge in [0.05, 0.1) is 11.4 Å². The minimum Gasteiger partial charge on any atom is -0.444 e. The predicted octanol–water partition coefficient (Wildman–Crippen LogP) is 3.14. The van der Waals surface area contributed by atoms with Crippen LogP contribution in [-0.4, -0.2) is 47.3 Å². The minimum absolute atomic E-state index is 0.114. The van der Waals surface area contributed by atoms with Crippen molar-refractivity contribution >= 4 is 11.8 Å². The molecule has 5 nitrogen and oxygen atoms in total. The van der Waals surface area contributed by atoms with E-state index in [4.69, 9.17) is 4.74 Å². The van der Waals surface area contributed by atoms with Crippen molar-refractivity contribution in [3.8, 4) is 0 Å². The Kier molecular flexibility index (Phi) is 4.63. The summed E-state index contributed by atoms with van der Waals surface area (Å²) < 4.78 is 5.49. The predicted molar refractivity (Wildman–Crippen MR) is 88.3 cm³/mol. The summed E-state index contributed by atoms with van der Waals surface area (Å²) in [5, 5.41) is 0. The highest BCUT2D eigenvalue weighted by Crippen LogP contribution is 2.24. The number of hydrogen-bond donors (Lipinski definition) is 0. The van der Waals surface area contributed by atoms with Gasteiger partial charge in [-0.15, -0.1) is 0 Å². The zero-order valence-corrected chi connectivity index (χ0v) is 14.5. The lowest BCUT2D eigenvalue weighted by atomic mass is 10.1. The molecule has 1 aromatic rings. The molecule has 0 N–H and O–H groups in total. The van der Waals surface area contributed by atoms with Gasteiger partial charge in [0.1, 0.15) is 5.60 Å². The van der Waals surface area contributed by atoms with Gasteiger partial charge in [-0.05, 0) is 53.2 Å². The fourth-order valence-electron chi connectivity index (χ4n) is 2.71. The molecule has 1 amide bonds. The van der Waals surface area contributed by atoms with Gasteiger partial charge in [-0.2, -0.15) is 0 Å². The summed E-state index contributed by atoms with van der Waals surface area (Å²) in [4.78, 5) is 20.8. The van der Waals surface area contributed by atoms with Crippen LogP contribution in [0.2, 0.25) is 0 Å². The molecule has 0 aromatic carbocycles. The molecule has 0 radical (unpaired) electrons. The van der Waals surface area contributed by atoms with Crippen LogP contribution in [0.4, 0.5) is 10.5 Å². The molecule has 1 atom stereocenters. The third kappa shape index (κ3) is 3.90. The van der Waals surface area contributed by atoms with Crippen molar-refractivity contribution in [3.05, 3.63) is 23.5 Å². The highest BCUT2D eigenvalue weighted by Gasteiger charge is 2.31. The van der Waals surface area contributed by atoms with Crippen molar-refractivity contribution in [2.24, 2.45) is 0 Å². The van der Waals surface area contributed by atoms with Crippen molar-refractivity contribution in [2.75, 3.05) is 24.5 Å². The van der Waals surface area contributed by atoms with Crippen LogP contribution in [0.3, 0.4) is 0 Å². The molecule has 0 bridgehead atoms. The molecule has 1 fully saturated rings. The Bertz CT molecular complexity index is 551. The summed E-state index contributed by atoms with van der Waals surface area (Å²) in [6.45, 7) is 14.1. The van der Waals surface area contributed by atoms with Gasteiger partial charge in [0.25, 0.3) is 0 Å². The lowest BCUT2D eigenvalue weighted by Crippen LogP contribution is -2.55. The lowest BCUT2D eigenvalue weighted by Gasteiger charge is -2.41. The molecule has 1 aromatic heterocycles. The van der Waals surface area contributed by atoms with E-state index in [9.17, 15) is 4.79 Å². The average Bonchev–Trinajstić information content (AvgIpc) is 2.39. The monoisotopic (exact) mass is 305 g/mol. The van der Waals surface area contributed by atoms with Gasteiger partial charge in [0.15, 0.2) is 0 Å². The molecule has 0 spiro atoms. The quantitative estimate of drug-likeness (QED) is 0.799. The Hall–Kier alpha value is -1.78. The third-order valence-corrected chi connectivity index (χ3v) is 3.79. The highest BCUT2D eigenvalue weighted by molar-refractivity contribution is 5.69. The van der Waals surface area contributed by atoms with E-state index in [-0.39, 0.29) is 12.1 Å². The number of piperazine rings is 1. The number of amides is 1. The van der Waals surface area contributed by atoms with Gasteiger partial charge in [0, 0.05) is 31.9 Å². The van der Waals surface area contributed by atoms with E-state index in [1.165, 1.54) is 0 Å². The molecule has 1 saturated heterocycles. The van der Waals surface area contributed by atoms with E-state index < -0.39 is 5.60 Å². The number of ether oxygens (including phenoxy) is 1. The van der Waals surface area contributed by atoms with Crippen LogP contribution in [0.25, 0.3) is 0 Å². The van der Waals surface area contributed by atoms with Crippen molar-refractivity contribution in [2.45, 2.75) is 53.2 Å². The fraction of sp³-hybridized carbons (Fsp3) is 0.647. The summed E-state index contributed by atoms with van der Waals surface area (Å²) in [6.07, 6.45) is 1.66. The maximum Gasteiger partial charge on any atom is 0.410 e. The third-order valence-electron chi connectivity index (χ3n) is 3.79. The molecule has 1 aliphatic heterocycles. The second-order valence-corrected chi connectivity index (χ2v) is 7.09. The number of anilines is 1. The van der Waals surface area contributed by atoms with Crippen LogP contribution < -0.4 is 4.90 Å². The maximum absolute atomic E-state index is 12.3. The normalized spacial score (nSPS) is 19.3. The smallest absolute Gasteiger partial charge is 0.410 e. The summed E-state index contributed by atoms with van der Waals surface area (Å²) in [5.41, 5.74) is 2.90. The van der Waals surface area contributed by atoms with Gasteiger partial charge < -0.3 is 14.5 Å². The first-order chi connectivity index (χ1) is 10.2. The molecular weight excluding hydrogens is 278 g/mol. The number of carbonyl (C=O) groups excluding carboxylic acids is 1. The van der Waals surface area contributed by atoms with E-state index in [2.05, 4.69) is 29.8 Å². The summed E-state index contributed by atoms with van der Waals surface area (Å²) >= 11 is 0. The van der Waals surface area contributed by atoms with E-state index in [1.807, 2.05) is 38.8 Å². The van der Waals surface area contributed by atoms with Crippen LogP contribution in [0.5, 0.6) is 0 Å². The second kappa shape index (κ2) is 6.15. The number of carbonyl (C=O) groups is 1. The van der Waals surface area contributed by atoms with Crippen molar-refractivity contribution < 1.29 is 9.53 Å². The summed E-state index contributed by atoms with van der Waals surface area (Å²) in [5.74, 6) is 0. The van der Waals surface area contributed by atoms with Crippen LogP contribution >= 0.6 is 0 Å². The highest BCUT2D eigenvalue weighted by atomic mass is 16.6. The standard InChI is InChI=1S/C17H27N3O2/c1-12-9-15(14(3)18-10-12)19-7-8-20(13(2)11-19)16(21)22-17(4,5)6/h9-10,13H,7-8,11H2,1-6H3/t13-/m0/s1. The molecular formula is C17H27N3O2. The number of pyridine rings is 1. The van der Waals surface area contributed by atoms with Crippen LogP contribution in [-0.2, 0) is 4.74 Å². The number of aryl methyl sites for hydroxylation is 2. The largest absolute Gasteiger partial charge is 0.444 e.